The third-order valence-electron chi connectivity index (χ3n) is 3.52. The number of thiophene rings is 1. The van der Waals surface area contributed by atoms with E-state index in [1.807, 2.05) is 0 Å². The molecule has 0 saturated heterocycles. The lowest BCUT2D eigenvalue weighted by atomic mass is 10.2. The van der Waals surface area contributed by atoms with E-state index in [1.54, 1.807) is 30.3 Å². The van der Waals surface area contributed by atoms with Crippen LogP contribution < -0.4 is 4.72 Å². The Balaban J connectivity index is 1.68. The number of carbonyl (C=O) groups is 2. The lowest BCUT2D eigenvalue weighted by Crippen LogP contribution is -2.27. The predicted octanol–water partition coefficient (Wildman–Crippen LogP) is 2.25. The molecule has 0 spiro atoms. The zero-order valence-corrected chi connectivity index (χ0v) is 15.8. The number of halogens is 1. The molecule has 0 bridgehead atoms. The highest BCUT2D eigenvalue weighted by Gasteiger charge is 2.31. The van der Waals surface area contributed by atoms with Crippen LogP contribution in [-0.4, -0.2) is 38.7 Å². The highest BCUT2D eigenvalue weighted by molar-refractivity contribution is 7.90. The monoisotopic (exact) mass is 412 g/mol. The van der Waals surface area contributed by atoms with Crippen LogP contribution in [0.3, 0.4) is 0 Å². The number of sulfonamides is 1. The number of ketones is 1. The topological polar surface area (TPSA) is 102 Å². The highest BCUT2D eigenvalue weighted by atomic mass is 35.5. The van der Waals surface area contributed by atoms with Crippen LogP contribution in [0.25, 0.3) is 0 Å². The van der Waals surface area contributed by atoms with Crippen LogP contribution in [-0.2, 0) is 19.6 Å². The number of amidine groups is 1. The standard InChI is InChI=1S/C16H13ClN2O5S2/c1-9(16(21)24-8-11(20)12-6-7-14(17)25-12)18-15-10-4-2-3-5-13(10)26(22,23)19-15/h2-7,9H,8H2,1H3,(H,18,19)/t9-/m1/s1. The van der Waals surface area contributed by atoms with Gasteiger partial charge in [-0.2, -0.15) is 0 Å². The Morgan fingerprint density at radius 3 is 2.69 bits per heavy atom. The quantitative estimate of drug-likeness (QED) is 0.599. The molecule has 26 heavy (non-hydrogen) atoms. The molecule has 1 aromatic heterocycles. The first-order valence-corrected chi connectivity index (χ1v) is 10.1. The van der Waals surface area contributed by atoms with Gasteiger partial charge in [0.2, 0.25) is 5.78 Å². The average molecular weight is 413 g/mol. The molecule has 136 valence electrons. The summed E-state index contributed by atoms with van der Waals surface area (Å²) in [6.07, 6.45) is 0. The van der Waals surface area contributed by atoms with E-state index in [0.29, 0.717) is 14.8 Å². The number of hydrogen-bond donors (Lipinski definition) is 1. The fourth-order valence-electron chi connectivity index (χ4n) is 2.27. The van der Waals surface area contributed by atoms with E-state index in [9.17, 15) is 18.0 Å². The second-order valence-corrected chi connectivity index (χ2v) is 8.76. The molecule has 0 amide bonds. The number of aliphatic imine (C=N–C) groups is 1. The Hall–Kier alpha value is -2.23. The summed E-state index contributed by atoms with van der Waals surface area (Å²) in [5.41, 5.74) is 0.386. The summed E-state index contributed by atoms with van der Waals surface area (Å²) in [5.74, 6) is -1.04. The van der Waals surface area contributed by atoms with Crippen LogP contribution in [0.2, 0.25) is 4.34 Å². The normalized spacial score (nSPS) is 17.4. The maximum Gasteiger partial charge on any atom is 0.331 e. The Labute approximate surface area is 158 Å². The number of rotatable bonds is 5. The van der Waals surface area contributed by atoms with E-state index in [0.717, 1.165) is 11.3 Å². The summed E-state index contributed by atoms with van der Waals surface area (Å²) < 4.78 is 31.8. The molecule has 0 radical (unpaired) electrons. The Morgan fingerprint density at radius 2 is 2.00 bits per heavy atom. The minimum atomic E-state index is -3.68. The number of nitrogens with one attached hydrogen (secondary N) is 1. The number of esters is 1. The van der Waals surface area contributed by atoms with Crippen molar-refractivity contribution in [2.24, 2.45) is 4.99 Å². The van der Waals surface area contributed by atoms with E-state index in [-0.39, 0.29) is 16.5 Å². The average Bonchev–Trinajstić information content (AvgIpc) is 3.14. The Morgan fingerprint density at radius 1 is 1.27 bits per heavy atom. The van der Waals surface area contributed by atoms with Gasteiger partial charge in [-0.15, -0.1) is 11.3 Å². The number of nitrogens with zero attached hydrogens (tertiary/aromatic N) is 1. The zero-order chi connectivity index (χ0) is 18.9. The number of Topliss-reactive ketones (excluding diaryl/α,β-unsaturated/α-hetero) is 1. The van der Waals surface area contributed by atoms with Crippen molar-refractivity contribution in [2.45, 2.75) is 17.9 Å². The Bertz CT molecular complexity index is 1010. The van der Waals surface area contributed by atoms with Crippen LogP contribution in [0, 0.1) is 0 Å². The van der Waals surface area contributed by atoms with Gasteiger partial charge in [-0.1, -0.05) is 23.7 Å². The molecule has 2 aromatic rings. The first kappa shape index (κ1) is 18.6. The largest absolute Gasteiger partial charge is 0.456 e. The van der Waals surface area contributed by atoms with E-state index < -0.39 is 28.6 Å². The van der Waals surface area contributed by atoms with Gasteiger partial charge in [0.05, 0.1) is 14.1 Å². The molecule has 1 N–H and O–H groups in total. The molecule has 1 aromatic carbocycles. The predicted molar refractivity (Wildman–Crippen MR) is 97.4 cm³/mol. The van der Waals surface area contributed by atoms with Crippen molar-refractivity contribution in [1.29, 1.82) is 0 Å². The number of carbonyl (C=O) groups excluding carboxylic acids is 2. The highest BCUT2D eigenvalue weighted by Crippen LogP contribution is 2.23. The molecule has 1 aliphatic rings. The second kappa shape index (κ2) is 7.18. The lowest BCUT2D eigenvalue weighted by molar-refractivity contribution is -0.143. The molecule has 0 aliphatic carbocycles. The van der Waals surface area contributed by atoms with E-state index >= 15 is 0 Å². The third kappa shape index (κ3) is 3.79. The van der Waals surface area contributed by atoms with Crippen LogP contribution in [0.5, 0.6) is 0 Å². The zero-order valence-electron chi connectivity index (χ0n) is 13.4. The van der Waals surface area contributed by atoms with E-state index in [4.69, 9.17) is 16.3 Å². The molecule has 7 nitrogen and oxygen atoms in total. The molecule has 1 atom stereocenters. The van der Waals surface area contributed by atoms with E-state index in [2.05, 4.69) is 9.71 Å². The summed E-state index contributed by atoms with van der Waals surface area (Å²) in [6, 6.07) is 8.46. The maximum atomic E-state index is 12.1. The van der Waals surface area contributed by atoms with Crippen LogP contribution in [0.1, 0.15) is 22.2 Å². The van der Waals surface area contributed by atoms with Crippen molar-refractivity contribution in [2.75, 3.05) is 6.61 Å². The fourth-order valence-corrected chi connectivity index (χ4v) is 4.48. The Kier molecular flexibility index (Phi) is 5.12. The summed E-state index contributed by atoms with van der Waals surface area (Å²) in [4.78, 5) is 28.6. The summed E-state index contributed by atoms with van der Waals surface area (Å²) in [6.45, 7) is 1.02. The smallest absolute Gasteiger partial charge is 0.331 e. The maximum absolute atomic E-state index is 12.1. The minimum Gasteiger partial charge on any atom is -0.456 e. The number of benzene rings is 1. The fraction of sp³-hybridized carbons (Fsp3) is 0.188. The molecule has 10 heteroatoms. The van der Waals surface area contributed by atoms with Crippen molar-refractivity contribution in [3.05, 3.63) is 51.2 Å². The second-order valence-electron chi connectivity index (χ2n) is 5.39. The molecule has 0 fully saturated rings. The first-order chi connectivity index (χ1) is 12.3. The van der Waals surface area contributed by atoms with Crippen molar-refractivity contribution < 1.29 is 22.7 Å². The van der Waals surface area contributed by atoms with Crippen LogP contribution in [0.4, 0.5) is 0 Å². The van der Waals surface area contributed by atoms with E-state index in [1.165, 1.54) is 13.0 Å². The molecule has 1 aliphatic heterocycles. The van der Waals surface area contributed by atoms with Crippen molar-refractivity contribution >= 4 is 50.5 Å². The lowest BCUT2D eigenvalue weighted by Gasteiger charge is -2.08. The van der Waals surface area contributed by atoms with Gasteiger partial charge in [0.25, 0.3) is 10.0 Å². The summed E-state index contributed by atoms with van der Waals surface area (Å²) >= 11 is 6.86. The van der Waals surface area contributed by atoms with Crippen molar-refractivity contribution in [1.82, 2.24) is 4.72 Å². The van der Waals surface area contributed by atoms with Crippen molar-refractivity contribution in [3.8, 4) is 0 Å². The summed E-state index contributed by atoms with van der Waals surface area (Å²) in [5, 5.41) is 0. The molecular formula is C16H13ClN2O5S2. The van der Waals surface area contributed by atoms with Gasteiger partial charge in [0, 0.05) is 5.56 Å². The van der Waals surface area contributed by atoms with Gasteiger partial charge in [-0.25, -0.2) is 13.2 Å². The minimum absolute atomic E-state index is 0.0708. The van der Waals surface area contributed by atoms with Gasteiger partial charge in [-0.05, 0) is 31.2 Å². The van der Waals surface area contributed by atoms with Gasteiger partial charge in [-0.3, -0.25) is 14.5 Å². The number of fused-ring (bicyclic) bond motifs is 1. The van der Waals surface area contributed by atoms with Crippen LogP contribution >= 0.6 is 22.9 Å². The summed E-state index contributed by atoms with van der Waals surface area (Å²) in [7, 11) is -3.68. The van der Waals surface area contributed by atoms with Crippen molar-refractivity contribution in [3.63, 3.8) is 0 Å². The third-order valence-corrected chi connectivity index (χ3v) is 6.19. The van der Waals surface area contributed by atoms with Gasteiger partial charge < -0.3 is 4.74 Å². The molecule has 0 unspecified atom stereocenters. The SMILES string of the molecule is C[C@@H](N=C1NS(=O)(=O)c2ccccc21)C(=O)OCC(=O)c1ccc(Cl)s1. The van der Waals surface area contributed by atoms with Gasteiger partial charge >= 0.3 is 5.97 Å². The number of hydrogen-bond acceptors (Lipinski definition) is 7. The number of ether oxygens (including phenoxy) is 1. The molecule has 3 rings (SSSR count). The van der Waals surface area contributed by atoms with Gasteiger partial charge in [0.1, 0.15) is 11.9 Å². The first-order valence-electron chi connectivity index (χ1n) is 7.43. The molecular weight excluding hydrogens is 400 g/mol. The molecule has 2 heterocycles. The molecule has 0 saturated carbocycles. The van der Waals surface area contributed by atoms with Crippen LogP contribution in [0.15, 0.2) is 46.3 Å². The van der Waals surface area contributed by atoms with Gasteiger partial charge in [0.15, 0.2) is 6.61 Å².